The van der Waals surface area contributed by atoms with Gasteiger partial charge in [-0.25, -0.2) is 18.1 Å². The Bertz CT molecular complexity index is 763. The van der Waals surface area contributed by atoms with E-state index < -0.39 is 15.6 Å². The first kappa shape index (κ1) is 14.3. The predicted octanol–water partition coefficient (Wildman–Crippen LogP) is 0.764. The second kappa shape index (κ2) is 4.97. The van der Waals surface area contributed by atoms with E-state index in [1.165, 1.54) is 4.40 Å². The zero-order valence-electron chi connectivity index (χ0n) is 11.7. The third-order valence-corrected chi connectivity index (χ3v) is 5.26. The molecule has 1 aliphatic heterocycles. The van der Waals surface area contributed by atoms with Gasteiger partial charge >= 0.3 is 0 Å². The molecule has 3 heterocycles. The van der Waals surface area contributed by atoms with Crippen molar-refractivity contribution in [2.45, 2.75) is 30.3 Å². The zero-order valence-corrected chi connectivity index (χ0v) is 12.6. The average Bonchev–Trinajstić information content (AvgIpc) is 2.74. The molecular formula is C13H18N4O3S. The van der Waals surface area contributed by atoms with E-state index in [-0.39, 0.29) is 10.8 Å². The van der Waals surface area contributed by atoms with Crippen LogP contribution in [0.25, 0.3) is 5.65 Å². The smallest absolute Gasteiger partial charge is 0.260 e. The Hall–Kier alpha value is -1.64. The molecule has 1 atom stereocenters. The molecule has 0 spiro atoms. The maximum absolute atomic E-state index is 12.7. The number of nitrogen functional groups attached to an aromatic ring is 1. The third kappa shape index (κ3) is 2.61. The lowest BCUT2D eigenvalue weighted by Crippen LogP contribution is -2.51. The second-order valence-electron chi connectivity index (χ2n) is 5.55. The predicted molar refractivity (Wildman–Crippen MR) is 78.4 cm³/mol. The monoisotopic (exact) mass is 310 g/mol. The number of rotatable bonds is 3. The number of anilines is 1. The number of sulfonamides is 1. The molecule has 114 valence electrons. The van der Waals surface area contributed by atoms with Gasteiger partial charge in [0.1, 0.15) is 5.65 Å². The van der Waals surface area contributed by atoms with Crippen LogP contribution in [0.15, 0.2) is 29.4 Å². The van der Waals surface area contributed by atoms with Gasteiger partial charge in [-0.1, -0.05) is 6.07 Å². The van der Waals surface area contributed by atoms with E-state index >= 15 is 0 Å². The maximum Gasteiger partial charge on any atom is 0.260 e. The SMILES string of the molecule is CC1(NS(=O)(=O)c2c(N)nc3ccccn23)CCCOC1. The van der Waals surface area contributed by atoms with Crippen molar-refractivity contribution >= 4 is 21.5 Å². The Morgan fingerprint density at radius 1 is 1.48 bits per heavy atom. The fourth-order valence-corrected chi connectivity index (χ4v) is 4.29. The number of nitrogens with one attached hydrogen (secondary N) is 1. The highest BCUT2D eigenvalue weighted by atomic mass is 32.2. The quantitative estimate of drug-likeness (QED) is 0.872. The minimum absolute atomic E-state index is 0.00553. The number of imidazole rings is 1. The van der Waals surface area contributed by atoms with Gasteiger partial charge in [0.15, 0.2) is 10.8 Å². The van der Waals surface area contributed by atoms with E-state index in [1.54, 1.807) is 24.4 Å². The summed E-state index contributed by atoms with van der Waals surface area (Å²) < 4.78 is 35.0. The normalized spacial score (nSPS) is 23.5. The maximum atomic E-state index is 12.7. The average molecular weight is 310 g/mol. The molecule has 8 heteroatoms. The molecule has 0 aromatic carbocycles. The summed E-state index contributed by atoms with van der Waals surface area (Å²) in [5, 5.41) is -0.0232. The van der Waals surface area contributed by atoms with Crippen LogP contribution >= 0.6 is 0 Å². The van der Waals surface area contributed by atoms with Crippen LogP contribution in [0.3, 0.4) is 0 Å². The number of ether oxygens (including phenoxy) is 1. The van der Waals surface area contributed by atoms with E-state index in [4.69, 9.17) is 10.5 Å². The molecule has 2 aromatic rings. The van der Waals surface area contributed by atoms with Crippen molar-refractivity contribution in [3.63, 3.8) is 0 Å². The highest BCUT2D eigenvalue weighted by Crippen LogP contribution is 2.25. The molecule has 0 saturated carbocycles. The molecule has 21 heavy (non-hydrogen) atoms. The number of hydrogen-bond acceptors (Lipinski definition) is 5. The lowest BCUT2D eigenvalue weighted by Gasteiger charge is -2.33. The summed E-state index contributed by atoms with van der Waals surface area (Å²) in [6.45, 7) is 2.85. The highest BCUT2D eigenvalue weighted by molar-refractivity contribution is 7.89. The van der Waals surface area contributed by atoms with Crippen molar-refractivity contribution in [1.82, 2.24) is 14.1 Å². The number of fused-ring (bicyclic) bond motifs is 1. The third-order valence-electron chi connectivity index (χ3n) is 3.58. The molecule has 0 amide bonds. The zero-order chi connectivity index (χ0) is 15.1. The Kier molecular flexibility index (Phi) is 3.39. The Labute approximate surface area is 123 Å². The van der Waals surface area contributed by atoms with Gasteiger partial charge in [-0.2, -0.15) is 0 Å². The molecule has 3 rings (SSSR count). The minimum atomic E-state index is -3.79. The summed E-state index contributed by atoms with van der Waals surface area (Å²) in [4.78, 5) is 4.09. The van der Waals surface area contributed by atoms with Gasteiger partial charge in [-0.05, 0) is 31.9 Å². The summed E-state index contributed by atoms with van der Waals surface area (Å²) in [6, 6.07) is 5.22. The van der Waals surface area contributed by atoms with Crippen LogP contribution in [0, 0.1) is 0 Å². The van der Waals surface area contributed by atoms with Crippen molar-refractivity contribution in [1.29, 1.82) is 0 Å². The number of pyridine rings is 1. The van der Waals surface area contributed by atoms with Gasteiger partial charge in [0.25, 0.3) is 10.0 Å². The van der Waals surface area contributed by atoms with E-state index in [1.807, 2.05) is 6.92 Å². The highest BCUT2D eigenvalue weighted by Gasteiger charge is 2.35. The Morgan fingerprint density at radius 3 is 3.00 bits per heavy atom. The molecule has 1 aliphatic rings. The van der Waals surface area contributed by atoms with Crippen molar-refractivity contribution in [3.05, 3.63) is 24.4 Å². The van der Waals surface area contributed by atoms with Gasteiger partial charge < -0.3 is 10.5 Å². The topological polar surface area (TPSA) is 98.7 Å². The van der Waals surface area contributed by atoms with Crippen LogP contribution in [-0.4, -0.2) is 36.6 Å². The summed E-state index contributed by atoms with van der Waals surface area (Å²) in [5.74, 6) is -0.00553. The van der Waals surface area contributed by atoms with E-state index in [0.29, 0.717) is 18.9 Å². The van der Waals surface area contributed by atoms with E-state index in [0.717, 1.165) is 12.8 Å². The van der Waals surface area contributed by atoms with Gasteiger partial charge in [0, 0.05) is 12.8 Å². The molecule has 2 aromatic heterocycles. The first-order valence-corrected chi connectivity index (χ1v) is 8.24. The molecule has 1 fully saturated rings. The number of nitrogens with zero attached hydrogens (tertiary/aromatic N) is 2. The first-order valence-electron chi connectivity index (χ1n) is 6.76. The molecular weight excluding hydrogens is 292 g/mol. The standard InChI is InChI=1S/C13H18N4O3S/c1-13(6-4-8-20-9-13)16-21(18,19)12-11(14)15-10-5-2-3-7-17(10)12/h2-3,5,7,16H,4,6,8-9,14H2,1H3. The molecule has 1 unspecified atom stereocenters. The summed E-state index contributed by atoms with van der Waals surface area (Å²) in [7, 11) is -3.79. The first-order chi connectivity index (χ1) is 9.91. The van der Waals surface area contributed by atoms with Crippen LogP contribution in [-0.2, 0) is 14.8 Å². The second-order valence-corrected chi connectivity index (χ2v) is 7.15. The molecule has 3 N–H and O–H groups in total. The van der Waals surface area contributed by atoms with Crippen molar-refractivity contribution in [3.8, 4) is 0 Å². The Balaban J connectivity index is 2.02. The molecule has 0 bridgehead atoms. The minimum Gasteiger partial charge on any atom is -0.381 e. The van der Waals surface area contributed by atoms with Gasteiger partial charge in [0.05, 0.1) is 12.1 Å². The largest absolute Gasteiger partial charge is 0.381 e. The van der Waals surface area contributed by atoms with Crippen LogP contribution in [0.1, 0.15) is 19.8 Å². The van der Waals surface area contributed by atoms with E-state index in [9.17, 15) is 8.42 Å². The lowest BCUT2D eigenvalue weighted by atomic mass is 9.97. The van der Waals surface area contributed by atoms with Gasteiger partial charge in [-0.15, -0.1) is 0 Å². The fourth-order valence-electron chi connectivity index (χ4n) is 2.65. The molecule has 0 aliphatic carbocycles. The summed E-state index contributed by atoms with van der Waals surface area (Å²) in [5.41, 5.74) is 5.68. The van der Waals surface area contributed by atoms with Crippen LogP contribution in [0.4, 0.5) is 5.82 Å². The molecule has 0 radical (unpaired) electrons. The summed E-state index contributed by atoms with van der Waals surface area (Å²) in [6.07, 6.45) is 3.18. The summed E-state index contributed by atoms with van der Waals surface area (Å²) >= 11 is 0. The number of hydrogen-bond donors (Lipinski definition) is 2. The lowest BCUT2D eigenvalue weighted by molar-refractivity contribution is 0.0386. The van der Waals surface area contributed by atoms with Crippen LogP contribution in [0.2, 0.25) is 0 Å². The Morgan fingerprint density at radius 2 is 2.29 bits per heavy atom. The van der Waals surface area contributed by atoms with Crippen LogP contribution in [0.5, 0.6) is 0 Å². The van der Waals surface area contributed by atoms with E-state index in [2.05, 4.69) is 9.71 Å². The van der Waals surface area contributed by atoms with Gasteiger partial charge in [0.2, 0.25) is 0 Å². The van der Waals surface area contributed by atoms with Crippen LogP contribution < -0.4 is 10.5 Å². The number of nitrogens with two attached hydrogens (primary N) is 1. The molecule has 1 saturated heterocycles. The van der Waals surface area contributed by atoms with Crippen molar-refractivity contribution < 1.29 is 13.2 Å². The number of aromatic nitrogens is 2. The fraction of sp³-hybridized carbons (Fsp3) is 0.462. The van der Waals surface area contributed by atoms with Crippen molar-refractivity contribution in [2.24, 2.45) is 0 Å². The molecule has 7 nitrogen and oxygen atoms in total. The van der Waals surface area contributed by atoms with Gasteiger partial charge in [-0.3, -0.25) is 4.40 Å². The van der Waals surface area contributed by atoms with Crippen molar-refractivity contribution in [2.75, 3.05) is 18.9 Å².